The van der Waals surface area contributed by atoms with E-state index in [1.165, 1.54) is 5.57 Å². The first-order valence-electron chi connectivity index (χ1n) is 14.3. The Morgan fingerprint density at radius 2 is 1.74 bits per heavy atom. The van der Waals surface area contributed by atoms with Crippen LogP contribution in [0.5, 0.6) is 0 Å². The number of primary amides is 1. The molecule has 2 aliphatic heterocycles. The predicted octanol–water partition coefficient (Wildman–Crippen LogP) is 3.00. The number of carbonyl (C=O) groups excluding carboxylic acids is 1. The molecule has 220 valence electrons. The molecule has 2 heterocycles. The summed E-state index contributed by atoms with van der Waals surface area (Å²) in [7, 11) is 1.57. The van der Waals surface area contributed by atoms with E-state index in [0.717, 1.165) is 39.2 Å². The maximum absolute atomic E-state index is 12.1. The number of aryl methyl sites for hydroxylation is 2. The molecule has 5 aliphatic rings. The summed E-state index contributed by atoms with van der Waals surface area (Å²) in [5, 5.41) is 25.7. The van der Waals surface area contributed by atoms with Crippen molar-refractivity contribution in [1.82, 2.24) is 15.5 Å². The average Bonchev–Trinajstić information content (AvgIpc) is 3.68. The number of carbonyl (C=O) groups is 2. The van der Waals surface area contributed by atoms with Crippen molar-refractivity contribution in [2.24, 2.45) is 27.8 Å². The minimum Gasteiger partial charge on any atom is -0.465 e. The number of hydrogen-bond acceptors (Lipinski definition) is 7. The van der Waals surface area contributed by atoms with Crippen molar-refractivity contribution in [2.45, 2.75) is 37.6 Å². The van der Waals surface area contributed by atoms with Gasteiger partial charge in [0.15, 0.2) is 0 Å². The highest BCUT2D eigenvalue weighted by Crippen LogP contribution is 2.86. The van der Waals surface area contributed by atoms with Gasteiger partial charge in [0.25, 0.3) is 0 Å². The third-order valence-electron chi connectivity index (χ3n) is 9.80. The topological polar surface area (TPSA) is 170 Å². The van der Waals surface area contributed by atoms with E-state index in [0.29, 0.717) is 55.6 Å². The van der Waals surface area contributed by atoms with Gasteiger partial charge in [-0.2, -0.15) is 5.26 Å². The van der Waals surface area contributed by atoms with Crippen LogP contribution < -0.4 is 22.1 Å². The first-order valence-corrected chi connectivity index (χ1v) is 14.3. The van der Waals surface area contributed by atoms with Crippen molar-refractivity contribution in [3.8, 4) is 6.07 Å². The second-order valence-corrected chi connectivity index (χ2v) is 12.0. The summed E-state index contributed by atoms with van der Waals surface area (Å²) >= 11 is 0. The minimum absolute atomic E-state index is 0.151. The van der Waals surface area contributed by atoms with Gasteiger partial charge in [-0.15, -0.1) is 0 Å². The molecular weight excluding hydrogens is 542 g/mol. The molecule has 0 spiro atoms. The molecule has 10 heteroatoms. The fourth-order valence-electron chi connectivity index (χ4n) is 7.65. The van der Waals surface area contributed by atoms with Crippen LogP contribution in [0.3, 0.4) is 0 Å². The second kappa shape index (κ2) is 9.85. The van der Waals surface area contributed by atoms with Gasteiger partial charge in [0.1, 0.15) is 17.6 Å². The van der Waals surface area contributed by atoms with Crippen LogP contribution in [0.15, 0.2) is 71.5 Å². The lowest BCUT2D eigenvalue weighted by molar-refractivity contribution is 0.1000. The molecule has 2 aromatic carbocycles. The van der Waals surface area contributed by atoms with Gasteiger partial charge in [-0.05, 0) is 77.4 Å². The molecule has 1 unspecified atom stereocenters. The Morgan fingerprint density at radius 1 is 1.14 bits per heavy atom. The number of amidine groups is 1. The van der Waals surface area contributed by atoms with Gasteiger partial charge in [0.2, 0.25) is 5.91 Å². The van der Waals surface area contributed by atoms with Crippen LogP contribution in [0.2, 0.25) is 0 Å². The number of nitrogens with one attached hydrogen (secondary N) is 2. The number of aliphatic imine (C=N–C) groups is 1. The number of rotatable bonds is 9. The zero-order valence-corrected chi connectivity index (χ0v) is 24.3. The third-order valence-corrected chi connectivity index (χ3v) is 9.80. The van der Waals surface area contributed by atoms with Gasteiger partial charge in [0.05, 0.1) is 11.5 Å². The van der Waals surface area contributed by atoms with Gasteiger partial charge < -0.3 is 26.8 Å². The molecule has 2 saturated carbocycles. The number of nitrogens with zero attached hydrogens (tertiary/aromatic N) is 3. The Morgan fingerprint density at radius 3 is 2.28 bits per heavy atom. The summed E-state index contributed by atoms with van der Waals surface area (Å²) in [6.07, 6.45) is 0.434. The number of nitrogens with two attached hydrogens (primary N) is 2. The van der Waals surface area contributed by atoms with Crippen molar-refractivity contribution >= 4 is 23.5 Å². The molecule has 2 bridgehead atoms. The monoisotopic (exact) mass is 577 g/mol. The molecule has 0 aromatic heterocycles. The number of carboxylic acid groups (broad SMARTS) is 1. The van der Waals surface area contributed by atoms with Crippen LogP contribution in [-0.2, 0) is 18.3 Å². The molecule has 4 atom stereocenters. The molecule has 43 heavy (non-hydrogen) atoms. The molecule has 7 rings (SSSR count). The SMILES string of the molecule is C=C(N)c1ccc2c(c1)CCc1cc(C(N)=O)ccc1C2(CCNCC(=C)N1C(C#N)=C2[C@H]3[C@@H]1[C@@]23C)C(=NC)NC(=O)O. The van der Waals surface area contributed by atoms with E-state index in [9.17, 15) is 20.0 Å². The van der Waals surface area contributed by atoms with E-state index in [2.05, 4.69) is 46.7 Å². The van der Waals surface area contributed by atoms with Crippen molar-refractivity contribution in [3.63, 3.8) is 0 Å². The quantitative estimate of drug-likeness (QED) is 0.173. The van der Waals surface area contributed by atoms with E-state index in [1.54, 1.807) is 19.2 Å². The van der Waals surface area contributed by atoms with Crippen molar-refractivity contribution in [2.75, 3.05) is 20.1 Å². The van der Waals surface area contributed by atoms with Gasteiger partial charge in [-0.1, -0.05) is 38.3 Å². The van der Waals surface area contributed by atoms with Crippen LogP contribution in [0.1, 0.15) is 51.5 Å². The Balaban J connectivity index is 1.38. The van der Waals surface area contributed by atoms with Crippen LogP contribution in [0.4, 0.5) is 4.79 Å². The third kappa shape index (κ3) is 4.07. The predicted molar refractivity (Wildman–Crippen MR) is 164 cm³/mol. The maximum Gasteiger partial charge on any atom is 0.410 e. The number of fused-ring (bicyclic) bond motifs is 3. The Labute approximate surface area is 250 Å². The summed E-state index contributed by atoms with van der Waals surface area (Å²) < 4.78 is 0. The maximum atomic E-state index is 12.1. The second-order valence-electron chi connectivity index (χ2n) is 12.0. The Kier molecular flexibility index (Phi) is 6.47. The van der Waals surface area contributed by atoms with Crippen LogP contribution >= 0.6 is 0 Å². The summed E-state index contributed by atoms with van der Waals surface area (Å²) in [6.45, 7) is 11.3. The zero-order chi connectivity index (χ0) is 30.8. The highest BCUT2D eigenvalue weighted by atomic mass is 16.4. The summed E-state index contributed by atoms with van der Waals surface area (Å²) in [5.74, 6) is 0.225. The first-order chi connectivity index (χ1) is 20.5. The number of hydrogen-bond donors (Lipinski definition) is 5. The minimum atomic E-state index is -1.23. The largest absolute Gasteiger partial charge is 0.465 e. The fraction of sp³-hybridized carbons (Fsp3) is 0.333. The summed E-state index contributed by atoms with van der Waals surface area (Å²) in [5.41, 5.74) is 18.9. The Bertz CT molecular complexity index is 1670. The zero-order valence-electron chi connectivity index (χ0n) is 24.3. The highest BCUT2D eigenvalue weighted by Gasteiger charge is 2.88. The highest BCUT2D eigenvalue weighted by molar-refractivity contribution is 6.05. The van der Waals surface area contributed by atoms with Crippen LogP contribution in [0, 0.1) is 22.7 Å². The summed E-state index contributed by atoms with van der Waals surface area (Å²) in [6, 6.07) is 13.9. The Hall–Kier alpha value is -4.88. The van der Waals surface area contributed by atoms with Gasteiger partial charge >= 0.3 is 6.09 Å². The van der Waals surface area contributed by atoms with E-state index in [-0.39, 0.29) is 11.3 Å². The van der Waals surface area contributed by atoms with Crippen LogP contribution in [0.25, 0.3) is 5.70 Å². The van der Waals surface area contributed by atoms with Gasteiger partial charge in [-0.3, -0.25) is 15.1 Å². The van der Waals surface area contributed by atoms with Crippen molar-refractivity contribution < 1.29 is 14.7 Å². The smallest absolute Gasteiger partial charge is 0.410 e. The molecule has 10 nitrogen and oxygen atoms in total. The molecule has 2 fully saturated rings. The molecule has 7 N–H and O–H groups in total. The molecule has 3 aliphatic carbocycles. The number of allylic oxidation sites excluding steroid dienone is 1. The molecule has 2 amide bonds. The van der Waals surface area contributed by atoms with E-state index in [1.807, 2.05) is 24.3 Å². The lowest BCUT2D eigenvalue weighted by atomic mass is 9.68. The number of nitriles is 1. The molecule has 0 radical (unpaired) electrons. The van der Waals surface area contributed by atoms with Crippen molar-refractivity contribution in [1.29, 1.82) is 5.26 Å². The lowest BCUT2D eigenvalue weighted by Gasteiger charge is -2.38. The average molecular weight is 578 g/mol. The standard InChI is InChI=1S/C33H35N7O3/c1-17(40-25(15-34)26-27-28(40)32(26,27)3)16-38-12-11-33(30(37-4)39-31(42)43)23-9-7-19(18(2)35)13-20(23)5-6-21-14-22(29(36)41)8-10-24(21)33/h7-10,13-14,27-28,38H,1-2,5-6,11-12,16,35H2,3-4H3,(H2,36,41)(H,37,39)(H,42,43)/t27-,28+,32-,33?/m0/s1. The van der Waals surface area contributed by atoms with Gasteiger partial charge in [-0.25, -0.2) is 4.79 Å². The van der Waals surface area contributed by atoms with Crippen LogP contribution in [-0.4, -0.2) is 54.0 Å². The molecule has 0 saturated heterocycles. The summed E-state index contributed by atoms with van der Waals surface area (Å²) in [4.78, 5) is 30.8. The lowest BCUT2D eigenvalue weighted by Crippen LogP contribution is -2.49. The van der Waals surface area contributed by atoms with E-state index < -0.39 is 17.4 Å². The van der Waals surface area contributed by atoms with Gasteiger partial charge in [0, 0.05) is 41.9 Å². The van der Waals surface area contributed by atoms with E-state index in [4.69, 9.17) is 11.5 Å². The first kappa shape index (κ1) is 28.2. The number of benzene rings is 2. The normalized spacial score (nSPS) is 26.0. The molecule has 2 aromatic rings. The number of amides is 2. The molecular formula is C33H35N7O3. The van der Waals surface area contributed by atoms with Crippen molar-refractivity contribution in [3.05, 3.63) is 99.9 Å². The van der Waals surface area contributed by atoms with E-state index >= 15 is 0 Å². The fourth-order valence-corrected chi connectivity index (χ4v) is 7.65.